The van der Waals surface area contributed by atoms with Crippen LogP contribution in [-0.2, 0) is 24.7 Å². The van der Waals surface area contributed by atoms with Gasteiger partial charge in [-0.15, -0.1) is 11.3 Å². The molecule has 0 saturated carbocycles. The summed E-state index contributed by atoms with van der Waals surface area (Å²) in [5.41, 5.74) is -1.20. The topological polar surface area (TPSA) is 75.7 Å². The van der Waals surface area contributed by atoms with Crippen molar-refractivity contribution in [1.29, 1.82) is 0 Å². The van der Waals surface area contributed by atoms with Gasteiger partial charge in [-0.3, -0.25) is 14.9 Å². The van der Waals surface area contributed by atoms with Crippen LogP contribution in [0.2, 0.25) is 0 Å². The van der Waals surface area contributed by atoms with Crippen molar-refractivity contribution in [2.75, 3.05) is 12.0 Å². The van der Waals surface area contributed by atoms with Crippen molar-refractivity contribution in [2.45, 2.75) is 11.6 Å². The van der Waals surface area contributed by atoms with Crippen LogP contribution in [0.15, 0.2) is 72.1 Å². The number of benzene rings is 2. The van der Waals surface area contributed by atoms with E-state index in [0.29, 0.717) is 5.56 Å². The number of nitrogens with one attached hydrogen (secondary N) is 1. The van der Waals surface area contributed by atoms with Crippen molar-refractivity contribution in [3.63, 3.8) is 0 Å². The number of amides is 2. The van der Waals surface area contributed by atoms with E-state index in [2.05, 4.69) is 5.32 Å². The normalized spacial score (nSPS) is 26.9. The highest BCUT2D eigenvalue weighted by Gasteiger charge is 2.70. The first-order chi connectivity index (χ1) is 15.5. The van der Waals surface area contributed by atoms with E-state index in [4.69, 9.17) is 4.74 Å². The lowest BCUT2D eigenvalue weighted by Crippen LogP contribution is -2.53. The molecular weight excluding hydrogens is 431 g/mol. The molecular formula is C24H19FN2O4S. The van der Waals surface area contributed by atoms with Crippen LogP contribution in [0.3, 0.4) is 0 Å². The van der Waals surface area contributed by atoms with Gasteiger partial charge in [0.05, 0.1) is 30.7 Å². The average molecular weight is 450 g/mol. The molecule has 4 atom stereocenters. The van der Waals surface area contributed by atoms with Crippen molar-refractivity contribution in [2.24, 2.45) is 11.8 Å². The van der Waals surface area contributed by atoms with Crippen molar-refractivity contribution >= 4 is 34.8 Å². The molecule has 8 heteroatoms. The Labute approximate surface area is 187 Å². The average Bonchev–Trinajstić information content (AvgIpc) is 3.52. The quantitative estimate of drug-likeness (QED) is 0.487. The molecule has 162 valence electrons. The number of methoxy groups -OCH3 is 1. The summed E-state index contributed by atoms with van der Waals surface area (Å²) in [5.74, 6) is -4.53. The second-order valence-corrected chi connectivity index (χ2v) is 8.75. The second-order valence-electron chi connectivity index (χ2n) is 7.77. The van der Waals surface area contributed by atoms with Crippen LogP contribution in [0.1, 0.15) is 16.5 Å². The number of thiophene rings is 1. The zero-order valence-corrected chi connectivity index (χ0v) is 17.8. The van der Waals surface area contributed by atoms with E-state index in [1.54, 1.807) is 36.4 Å². The first kappa shape index (κ1) is 20.5. The third-order valence-electron chi connectivity index (χ3n) is 6.24. The van der Waals surface area contributed by atoms with Gasteiger partial charge in [0.2, 0.25) is 11.8 Å². The predicted molar refractivity (Wildman–Crippen MR) is 116 cm³/mol. The molecule has 3 heterocycles. The number of anilines is 1. The van der Waals surface area contributed by atoms with Crippen LogP contribution in [0, 0.1) is 17.7 Å². The van der Waals surface area contributed by atoms with Gasteiger partial charge in [0, 0.05) is 4.88 Å². The number of fused-ring (bicyclic) bond motifs is 1. The van der Waals surface area contributed by atoms with E-state index in [1.165, 1.54) is 36.6 Å². The summed E-state index contributed by atoms with van der Waals surface area (Å²) in [4.78, 5) is 42.4. The number of esters is 1. The summed E-state index contributed by atoms with van der Waals surface area (Å²) < 4.78 is 19.8. The number of rotatable bonds is 4. The largest absolute Gasteiger partial charge is 0.467 e. The van der Waals surface area contributed by atoms with Crippen molar-refractivity contribution in [1.82, 2.24) is 5.32 Å². The maximum atomic E-state index is 14.6. The fourth-order valence-electron chi connectivity index (χ4n) is 4.92. The lowest BCUT2D eigenvalue weighted by atomic mass is 9.75. The molecule has 1 aromatic heterocycles. The van der Waals surface area contributed by atoms with E-state index in [1.807, 2.05) is 17.5 Å². The van der Waals surface area contributed by atoms with Gasteiger partial charge in [0.15, 0.2) is 5.54 Å². The molecule has 1 N–H and O–H groups in total. The molecule has 5 rings (SSSR count). The number of carbonyl (C=O) groups is 3. The molecule has 0 aliphatic carbocycles. The van der Waals surface area contributed by atoms with Crippen LogP contribution >= 0.6 is 11.3 Å². The van der Waals surface area contributed by atoms with Crippen LogP contribution in [0.4, 0.5) is 10.1 Å². The minimum atomic E-state index is -1.60. The van der Waals surface area contributed by atoms with Gasteiger partial charge in [0.1, 0.15) is 5.82 Å². The molecule has 0 radical (unpaired) electrons. The molecule has 2 amide bonds. The molecule has 2 aliphatic rings. The number of hydrogen-bond acceptors (Lipinski definition) is 6. The first-order valence-electron chi connectivity index (χ1n) is 10.1. The zero-order chi connectivity index (χ0) is 22.5. The highest BCUT2D eigenvalue weighted by Crippen LogP contribution is 2.54. The smallest absolute Gasteiger partial charge is 0.331 e. The number of halogens is 1. The highest BCUT2D eigenvalue weighted by molar-refractivity contribution is 7.10. The SMILES string of the molecule is COC(=O)[C@]1(c2ccccc2)N[C@@H](c2cccs2)[C@H]2C(=O)N(c3ccccc3F)C(=O)[C@@H]21. The van der Waals surface area contributed by atoms with Gasteiger partial charge in [0.25, 0.3) is 0 Å². The van der Waals surface area contributed by atoms with Crippen molar-refractivity contribution in [3.8, 4) is 0 Å². The number of nitrogens with zero attached hydrogens (tertiary/aromatic N) is 1. The maximum absolute atomic E-state index is 14.6. The Morgan fingerprint density at radius 1 is 1.03 bits per heavy atom. The number of ether oxygens (including phenoxy) is 1. The van der Waals surface area contributed by atoms with Gasteiger partial charge in [-0.05, 0) is 29.1 Å². The predicted octanol–water partition coefficient (Wildman–Crippen LogP) is 3.41. The van der Waals surface area contributed by atoms with E-state index in [-0.39, 0.29) is 5.69 Å². The summed E-state index contributed by atoms with van der Waals surface area (Å²) in [5, 5.41) is 5.16. The van der Waals surface area contributed by atoms with Crippen LogP contribution in [0.5, 0.6) is 0 Å². The molecule has 3 aromatic rings. The molecule has 0 bridgehead atoms. The Morgan fingerprint density at radius 3 is 2.41 bits per heavy atom. The minimum absolute atomic E-state index is 0.117. The molecule has 2 aliphatic heterocycles. The fourth-order valence-corrected chi connectivity index (χ4v) is 5.75. The summed E-state index contributed by atoms with van der Waals surface area (Å²) in [6.07, 6.45) is 0. The van der Waals surface area contributed by atoms with E-state index < -0.39 is 47.0 Å². The third kappa shape index (κ3) is 2.76. The summed E-state index contributed by atoms with van der Waals surface area (Å²) in [6, 6.07) is 17.5. The Morgan fingerprint density at radius 2 is 1.75 bits per heavy atom. The van der Waals surface area contributed by atoms with Crippen LogP contribution in [0.25, 0.3) is 0 Å². The Kier molecular flexibility index (Phi) is 4.91. The van der Waals surface area contributed by atoms with Gasteiger partial charge in [-0.25, -0.2) is 14.1 Å². The first-order valence-corrected chi connectivity index (χ1v) is 11.0. The zero-order valence-electron chi connectivity index (χ0n) is 17.0. The number of imide groups is 1. The van der Waals surface area contributed by atoms with E-state index in [9.17, 15) is 18.8 Å². The van der Waals surface area contributed by atoms with Crippen molar-refractivity contribution in [3.05, 3.63) is 88.4 Å². The highest BCUT2D eigenvalue weighted by atomic mass is 32.1. The molecule has 0 unspecified atom stereocenters. The monoisotopic (exact) mass is 450 g/mol. The molecule has 32 heavy (non-hydrogen) atoms. The van der Waals surface area contributed by atoms with E-state index >= 15 is 0 Å². The molecule has 2 saturated heterocycles. The molecule has 6 nitrogen and oxygen atoms in total. The Balaban J connectivity index is 1.74. The lowest BCUT2D eigenvalue weighted by molar-refractivity contribution is -0.152. The van der Waals surface area contributed by atoms with Crippen molar-refractivity contribution < 1.29 is 23.5 Å². The number of para-hydroxylation sites is 1. The molecule has 2 fully saturated rings. The Bertz CT molecular complexity index is 1200. The van der Waals surface area contributed by atoms with Crippen LogP contribution in [-0.4, -0.2) is 24.9 Å². The Hall–Kier alpha value is -3.36. The van der Waals surface area contributed by atoms with Gasteiger partial charge in [-0.1, -0.05) is 48.5 Å². The number of hydrogen-bond donors (Lipinski definition) is 1. The fraction of sp³-hybridized carbons (Fsp3) is 0.208. The third-order valence-corrected chi connectivity index (χ3v) is 7.19. The number of carbonyl (C=O) groups excluding carboxylic acids is 3. The van der Waals surface area contributed by atoms with Gasteiger partial charge < -0.3 is 4.74 Å². The molecule has 0 spiro atoms. The standard InChI is InChI=1S/C24H19FN2O4S/c1-31-23(30)24(14-8-3-2-4-9-14)19-18(20(26-24)17-12-7-13-32-17)21(28)27(22(19)29)16-11-6-5-10-15(16)25/h2-13,18-20,26H,1H3/t18-,19+,20-,24+/m0/s1. The minimum Gasteiger partial charge on any atom is -0.467 e. The van der Waals surface area contributed by atoms with Gasteiger partial charge in [-0.2, -0.15) is 0 Å². The second kappa shape index (κ2) is 7.65. The summed E-state index contributed by atoms with van der Waals surface area (Å²) >= 11 is 1.42. The van der Waals surface area contributed by atoms with Crippen LogP contribution < -0.4 is 10.2 Å². The summed E-state index contributed by atoms with van der Waals surface area (Å²) in [7, 11) is 1.25. The lowest BCUT2D eigenvalue weighted by Gasteiger charge is -2.32. The van der Waals surface area contributed by atoms with Gasteiger partial charge >= 0.3 is 5.97 Å². The maximum Gasteiger partial charge on any atom is 0.331 e. The van der Waals surface area contributed by atoms with E-state index in [0.717, 1.165) is 9.78 Å². The summed E-state index contributed by atoms with van der Waals surface area (Å²) in [6.45, 7) is 0. The molecule has 2 aromatic carbocycles.